The standard InChI is InChI=1S/C19H13F4N5O2S/c20-13-3-7-16(8-4-13)31(24,29)10-14-9-28(11-25-14)15-5-1-12(2-6-15)17-26-18(30-27-17)19(21,22)23/h1-9,11,24H,10H2. The number of hydrogen-bond donors (Lipinski definition) is 1. The van der Waals surface area contributed by atoms with E-state index in [-0.39, 0.29) is 16.5 Å². The van der Waals surface area contributed by atoms with E-state index >= 15 is 0 Å². The summed E-state index contributed by atoms with van der Waals surface area (Å²) in [6.45, 7) is 0. The molecule has 0 spiro atoms. The topological polar surface area (TPSA) is 97.7 Å². The molecule has 0 bridgehead atoms. The van der Waals surface area contributed by atoms with Crippen molar-refractivity contribution in [2.24, 2.45) is 0 Å². The second-order valence-electron chi connectivity index (χ2n) is 6.51. The number of hydrogen-bond acceptors (Lipinski definition) is 6. The lowest BCUT2D eigenvalue weighted by atomic mass is 10.2. The summed E-state index contributed by atoms with van der Waals surface area (Å²) in [7, 11) is -3.21. The van der Waals surface area contributed by atoms with Gasteiger partial charge in [0.2, 0.25) is 5.82 Å². The summed E-state index contributed by atoms with van der Waals surface area (Å²) in [4.78, 5) is 7.69. The highest BCUT2D eigenvalue weighted by atomic mass is 32.2. The van der Waals surface area contributed by atoms with E-state index in [4.69, 9.17) is 4.78 Å². The van der Waals surface area contributed by atoms with Crippen molar-refractivity contribution in [3.8, 4) is 17.1 Å². The van der Waals surface area contributed by atoms with Gasteiger partial charge in [-0.3, -0.25) is 0 Å². The van der Waals surface area contributed by atoms with E-state index in [1.54, 1.807) is 22.9 Å². The zero-order chi connectivity index (χ0) is 22.2. The number of aromatic nitrogens is 4. The Bertz CT molecular complexity index is 1310. The fourth-order valence-electron chi connectivity index (χ4n) is 2.76. The average Bonchev–Trinajstić information content (AvgIpc) is 3.38. The predicted molar refractivity (Wildman–Crippen MR) is 101 cm³/mol. The molecule has 0 amide bonds. The molecule has 2 heterocycles. The first-order valence-electron chi connectivity index (χ1n) is 8.68. The molecule has 31 heavy (non-hydrogen) atoms. The van der Waals surface area contributed by atoms with Crippen LogP contribution >= 0.6 is 0 Å². The fourth-order valence-corrected chi connectivity index (χ4v) is 4.07. The number of halogens is 4. The minimum atomic E-state index is -4.72. The minimum absolute atomic E-state index is 0.160. The monoisotopic (exact) mass is 451 g/mol. The third-order valence-electron chi connectivity index (χ3n) is 4.27. The van der Waals surface area contributed by atoms with Crippen LogP contribution in [0, 0.1) is 10.6 Å². The maximum absolute atomic E-state index is 13.1. The molecule has 0 saturated carbocycles. The molecule has 4 rings (SSSR count). The predicted octanol–water partition coefficient (Wildman–Crippen LogP) is 4.69. The normalized spacial score (nSPS) is 13.8. The van der Waals surface area contributed by atoms with Crippen LogP contribution in [0.2, 0.25) is 0 Å². The van der Waals surface area contributed by atoms with Crippen LogP contribution in [0.1, 0.15) is 11.6 Å². The first-order valence-corrected chi connectivity index (χ1v) is 10.4. The van der Waals surface area contributed by atoms with Gasteiger partial charge in [-0.05, 0) is 48.5 Å². The molecule has 0 aliphatic heterocycles. The number of benzene rings is 2. The molecule has 0 radical (unpaired) electrons. The molecule has 7 nitrogen and oxygen atoms in total. The molecule has 1 unspecified atom stereocenters. The van der Waals surface area contributed by atoms with Gasteiger partial charge in [0.15, 0.2) is 0 Å². The molecule has 2 aromatic carbocycles. The van der Waals surface area contributed by atoms with E-state index in [0.717, 1.165) is 12.1 Å². The van der Waals surface area contributed by atoms with Gasteiger partial charge in [-0.15, -0.1) is 0 Å². The lowest BCUT2D eigenvalue weighted by Gasteiger charge is -2.06. The van der Waals surface area contributed by atoms with E-state index < -0.39 is 27.6 Å². The highest BCUT2D eigenvalue weighted by Crippen LogP contribution is 2.29. The lowest BCUT2D eigenvalue weighted by Crippen LogP contribution is -2.04. The molecule has 1 atom stereocenters. The number of nitrogens with one attached hydrogen (secondary N) is 1. The first-order chi connectivity index (χ1) is 14.6. The highest BCUT2D eigenvalue weighted by Gasteiger charge is 2.38. The van der Waals surface area contributed by atoms with Crippen LogP contribution in [0.4, 0.5) is 17.6 Å². The summed E-state index contributed by atoms with van der Waals surface area (Å²) in [6.07, 6.45) is -1.67. The molecule has 1 N–H and O–H groups in total. The molecule has 0 fully saturated rings. The molecular weight excluding hydrogens is 438 g/mol. The number of rotatable bonds is 5. The molecule has 0 saturated heterocycles. The maximum Gasteiger partial charge on any atom is 0.471 e. The first kappa shape index (κ1) is 20.7. The molecule has 4 aromatic rings. The van der Waals surface area contributed by atoms with Crippen molar-refractivity contribution in [2.45, 2.75) is 16.8 Å². The van der Waals surface area contributed by atoms with Crippen molar-refractivity contribution in [1.82, 2.24) is 19.7 Å². The van der Waals surface area contributed by atoms with Crippen LogP contribution in [-0.2, 0) is 21.7 Å². The SMILES string of the molecule is N=S(=O)(Cc1cn(-c2ccc(-c3noc(C(F)(F)F)n3)cc2)cn1)c1ccc(F)cc1. The van der Waals surface area contributed by atoms with Gasteiger partial charge in [-0.1, -0.05) is 5.16 Å². The van der Waals surface area contributed by atoms with Crippen molar-refractivity contribution in [1.29, 1.82) is 4.78 Å². The summed E-state index contributed by atoms with van der Waals surface area (Å²) >= 11 is 0. The Morgan fingerprint density at radius 1 is 1.06 bits per heavy atom. The summed E-state index contributed by atoms with van der Waals surface area (Å²) in [5, 5.41) is 3.33. The van der Waals surface area contributed by atoms with Crippen molar-refractivity contribution in [2.75, 3.05) is 0 Å². The van der Waals surface area contributed by atoms with Crippen LogP contribution in [0.3, 0.4) is 0 Å². The third-order valence-corrected chi connectivity index (χ3v) is 6.01. The van der Waals surface area contributed by atoms with E-state index in [1.807, 2.05) is 0 Å². The maximum atomic E-state index is 13.1. The molecule has 2 aromatic heterocycles. The van der Waals surface area contributed by atoms with E-state index in [9.17, 15) is 21.8 Å². The van der Waals surface area contributed by atoms with Gasteiger partial charge >= 0.3 is 12.1 Å². The van der Waals surface area contributed by atoms with Crippen LogP contribution in [0.15, 0.2) is 70.5 Å². The van der Waals surface area contributed by atoms with Crippen LogP contribution in [-0.4, -0.2) is 23.9 Å². The Labute approximate surface area is 173 Å². The van der Waals surface area contributed by atoms with E-state index in [2.05, 4.69) is 19.6 Å². The summed E-state index contributed by atoms with van der Waals surface area (Å²) in [6, 6.07) is 11.2. The summed E-state index contributed by atoms with van der Waals surface area (Å²) in [5.74, 6) is -2.26. The van der Waals surface area contributed by atoms with Crippen molar-refractivity contribution in [3.05, 3.63) is 78.5 Å². The van der Waals surface area contributed by atoms with Gasteiger partial charge in [0.1, 0.15) is 5.82 Å². The Kier molecular flexibility index (Phi) is 5.09. The van der Waals surface area contributed by atoms with Gasteiger partial charge in [-0.25, -0.2) is 18.4 Å². The Morgan fingerprint density at radius 3 is 2.35 bits per heavy atom. The smallest absolute Gasteiger partial charge is 0.329 e. The average molecular weight is 451 g/mol. The van der Waals surface area contributed by atoms with Crippen LogP contribution in [0.5, 0.6) is 0 Å². The zero-order valence-corrected chi connectivity index (χ0v) is 16.3. The van der Waals surface area contributed by atoms with Crippen LogP contribution < -0.4 is 0 Å². The molecule has 160 valence electrons. The van der Waals surface area contributed by atoms with Crippen molar-refractivity contribution < 1.29 is 26.3 Å². The molecule has 0 aliphatic rings. The number of nitrogens with zero attached hydrogens (tertiary/aromatic N) is 4. The quantitative estimate of drug-likeness (QED) is 0.444. The second-order valence-corrected chi connectivity index (χ2v) is 8.62. The van der Waals surface area contributed by atoms with Gasteiger partial charge in [0.05, 0.1) is 27.5 Å². The summed E-state index contributed by atoms with van der Waals surface area (Å²) in [5.41, 5.74) is 1.34. The van der Waals surface area contributed by atoms with Gasteiger partial charge in [0.25, 0.3) is 0 Å². The molecular formula is C19H13F4N5O2S. The van der Waals surface area contributed by atoms with Gasteiger partial charge < -0.3 is 9.09 Å². The minimum Gasteiger partial charge on any atom is -0.329 e. The Hall–Kier alpha value is -3.54. The zero-order valence-electron chi connectivity index (χ0n) is 15.5. The third kappa shape index (κ3) is 4.48. The largest absolute Gasteiger partial charge is 0.471 e. The van der Waals surface area contributed by atoms with Crippen molar-refractivity contribution >= 4 is 9.73 Å². The van der Waals surface area contributed by atoms with Gasteiger partial charge in [0, 0.05) is 22.3 Å². The molecule has 12 heteroatoms. The fraction of sp³-hybridized carbons (Fsp3) is 0.105. The summed E-state index contributed by atoms with van der Waals surface area (Å²) < 4.78 is 77.4. The second kappa shape index (κ2) is 7.61. The van der Waals surface area contributed by atoms with E-state index in [0.29, 0.717) is 16.9 Å². The Morgan fingerprint density at radius 2 is 1.74 bits per heavy atom. The van der Waals surface area contributed by atoms with E-state index in [1.165, 1.54) is 30.6 Å². The number of alkyl halides is 3. The highest BCUT2D eigenvalue weighted by molar-refractivity contribution is 7.91. The number of imidazole rings is 1. The van der Waals surface area contributed by atoms with Gasteiger partial charge in [-0.2, -0.15) is 18.2 Å². The Balaban J connectivity index is 1.51. The molecule has 0 aliphatic carbocycles. The van der Waals surface area contributed by atoms with Crippen LogP contribution in [0.25, 0.3) is 17.1 Å². The lowest BCUT2D eigenvalue weighted by molar-refractivity contribution is -0.159. The van der Waals surface area contributed by atoms with Crippen molar-refractivity contribution in [3.63, 3.8) is 0 Å².